The SMILES string of the molecule is CC1CCN(C(CNC(=O)CN(C)C2CCS(=O)(=O)C2)c2ccccc2)CC1. The Bertz CT molecular complexity index is 745. The summed E-state index contributed by atoms with van der Waals surface area (Å²) in [5.41, 5.74) is 1.23. The Morgan fingerprint density at radius 1 is 1.21 bits per heavy atom. The molecule has 2 heterocycles. The predicted octanol–water partition coefficient (Wildman–Crippen LogP) is 1.69. The number of piperidine rings is 1. The third-order valence-electron chi connectivity index (χ3n) is 6.16. The fourth-order valence-electron chi connectivity index (χ4n) is 4.22. The first-order valence-corrected chi connectivity index (χ1v) is 12.1. The Hall–Kier alpha value is -1.44. The molecule has 0 aliphatic carbocycles. The van der Waals surface area contributed by atoms with Crippen LogP contribution in [-0.2, 0) is 14.6 Å². The summed E-state index contributed by atoms with van der Waals surface area (Å²) in [5.74, 6) is 1.11. The van der Waals surface area contributed by atoms with Gasteiger partial charge in [0.2, 0.25) is 5.91 Å². The maximum atomic E-state index is 12.5. The summed E-state index contributed by atoms with van der Waals surface area (Å²) in [6.07, 6.45) is 3.00. The molecule has 6 nitrogen and oxygen atoms in total. The van der Waals surface area contributed by atoms with E-state index in [9.17, 15) is 13.2 Å². The van der Waals surface area contributed by atoms with Crippen LogP contribution in [0.1, 0.15) is 37.8 Å². The number of benzene rings is 1. The van der Waals surface area contributed by atoms with Crippen molar-refractivity contribution in [3.63, 3.8) is 0 Å². The zero-order valence-corrected chi connectivity index (χ0v) is 17.8. The maximum absolute atomic E-state index is 12.5. The number of rotatable bonds is 7. The standard InChI is InChI=1S/C21H33N3O3S/c1-17-8-11-24(12-9-17)20(18-6-4-3-5-7-18)14-22-21(25)15-23(2)19-10-13-28(26,27)16-19/h3-7,17,19-20H,8-16H2,1-2H3,(H,22,25). The predicted molar refractivity (Wildman–Crippen MR) is 112 cm³/mol. The highest BCUT2D eigenvalue weighted by atomic mass is 32.2. The van der Waals surface area contributed by atoms with Gasteiger partial charge in [0.15, 0.2) is 9.84 Å². The van der Waals surface area contributed by atoms with Gasteiger partial charge in [0.05, 0.1) is 24.1 Å². The number of amides is 1. The van der Waals surface area contributed by atoms with Crippen LogP contribution in [0.25, 0.3) is 0 Å². The lowest BCUT2D eigenvalue weighted by molar-refractivity contribution is -0.122. The molecule has 28 heavy (non-hydrogen) atoms. The van der Waals surface area contributed by atoms with E-state index in [4.69, 9.17) is 0 Å². The average Bonchev–Trinajstić information content (AvgIpc) is 3.04. The largest absolute Gasteiger partial charge is 0.353 e. The van der Waals surface area contributed by atoms with Gasteiger partial charge in [0, 0.05) is 12.6 Å². The monoisotopic (exact) mass is 407 g/mol. The summed E-state index contributed by atoms with van der Waals surface area (Å²) in [4.78, 5) is 16.9. The zero-order chi connectivity index (χ0) is 20.1. The number of likely N-dealkylation sites (N-methyl/N-ethyl adjacent to an activating group) is 1. The molecule has 1 N–H and O–H groups in total. The Morgan fingerprint density at radius 2 is 1.89 bits per heavy atom. The fraction of sp³-hybridized carbons (Fsp3) is 0.667. The minimum atomic E-state index is -2.94. The lowest BCUT2D eigenvalue weighted by atomic mass is 9.95. The van der Waals surface area contributed by atoms with Gasteiger partial charge in [0.1, 0.15) is 0 Å². The van der Waals surface area contributed by atoms with E-state index >= 15 is 0 Å². The second-order valence-electron chi connectivity index (χ2n) is 8.42. The zero-order valence-electron chi connectivity index (χ0n) is 17.0. The number of hydrogen-bond acceptors (Lipinski definition) is 5. The van der Waals surface area contributed by atoms with Crippen molar-refractivity contribution in [1.29, 1.82) is 0 Å². The molecule has 0 spiro atoms. The molecule has 1 amide bonds. The van der Waals surface area contributed by atoms with E-state index < -0.39 is 9.84 Å². The minimum absolute atomic E-state index is 0.0434. The van der Waals surface area contributed by atoms with Crippen molar-refractivity contribution in [2.75, 3.05) is 44.7 Å². The number of likely N-dealkylation sites (tertiary alicyclic amines) is 1. The van der Waals surface area contributed by atoms with E-state index in [1.165, 1.54) is 18.4 Å². The Kier molecular flexibility index (Phi) is 7.12. The number of hydrogen-bond donors (Lipinski definition) is 1. The number of carbonyl (C=O) groups is 1. The first-order chi connectivity index (χ1) is 13.3. The van der Waals surface area contributed by atoms with E-state index in [-0.39, 0.29) is 36.0 Å². The third-order valence-corrected chi connectivity index (χ3v) is 7.91. The molecular formula is C21H33N3O3S. The van der Waals surface area contributed by atoms with Crippen LogP contribution in [0.4, 0.5) is 0 Å². The van der Waals surface area contributed by atoms with Crippen LogP contribution in [0.3, 0.4) is 0 Å². The Balaban J connectivity index is 1.56. The van der Waals surface area contributed by atoms with Gasteiger partial charge in [-0.2, -0.15) is 0 Å². The van der Waals surface area contributed by atoms with E-state index in [0.717, 1.165) is 19.0 Å². The van der Waals surface area contributed by atoms with Crippen molar-refractivity contribution in [3.05, 3.63) is 35.9 Å². The van der Waals surface area contributed by atoms with Gasteiger partial charge in [-0.1, -0.05) is 37.3 Å². The molecule has 1 aromatic rings. The van der Waals surface area contributed by atoms with Crippen molar-refractivity contribution in [2.45, 2.75) is 38.3 Å². The molecule has 2 unspecified atom stereocenters. The molecule has 2 fully saturated rings. The van der Waals surface area contributed by atoms with Crippen LogP contribution >= 0.6 is 0 Å². The van der Waals surface area contributed by atoms with Crippen LogP contribution in [0.5, 0.6) is 0 Å². The average molecular weight is 408 g/mol. The molecule has 0 saturated carbocycles. The van der Waals surface area contributed by atoms with Crippen molar-refractivity contribution >= 4 is 15.7 Å². The molecule has 0 radical (unpaired) electrons. The summed E-state index contributed by atoms with van der Waals surface area (Å²) >= 11 is 0. The molecule has 0 bridgehead atoms. The van der Waals surface area contributed by atoms with Crippen LogP contribution in [-0.4, -0.2) is 74.9 Å². The normalized spacial score (nSPS) is 24.3. The second kappa shape index (κ2) is 9.37. The van der Waals surface area contributed by atoms with Crippen LogP contribution in [0.2, 0.25) is 0 Å². The van der Waals surface area contributed by atoms with Gasteiger partial charge in [0.25, 0.3) is 0 Å². The molecule has 1 aromatic carbocycles. The highest BCUT2D eigenvalue weighted by Gasteiger charge is 2.31. The lowest BCUT2D eigenvalue weighted by Crippen LogP contribution is -2.45. The third kappa shape index (κ3) is 5.78. The van der Waals surface area contributed by atoms with Gasteiger partial charge >= 0.3 is 0 Å². The van der Waals surface area contributed by atoms with Crippen molar-refractivity contribution in [3.8, 4) is 0 Å². The van der Waals surface area contributed by atoms with Gasteiger partial charge in [-0.05, 0) is 50.9 Å². The van der Waals surface area contributed by atoms with E-state index in [1.807, 2.05) is 30.1 Å². The van der Waals surface area contributed by atoms with Gasteiger partial charge < -0.3 is 5.32 Å². The summed E-state index contributed by atoms with van der Waals surface area (Å²) in [5, 5.41) is 3.09. The van der Waals surface area contributed by atoms with Crippen LogP contribution in [0.15, 0.2) is 30.3 Å². The number of nitrogens with zero attached hydrogens (tertiary/aromatic N) is 2. The Morgan fingerprint density at radius 3 is 2.50 bits per heavy atom. The molecular weight excluding hydrogens is 374 g/mol. The molecule has 7 heteroatoms. The summed E-state index contributed by atoms with van der Waals surface area (Å²) in [6.45, 7) is 5.22. The Labute approximate surface area is 169 Å². The summed E-state index contributed by atoms with van der Waals surface area (Å²) in [7, 11) is -1.10. The molecule has 2 atom stereocenters. The number of sulfone groups is 1. The lowest BCUT2D eigenvalue weighted by Gasteiger charge is -2.37. The van der Waals surface area contributed by atoms with Gasteiger partial charge in [-0.3, -0.25) is 14.6 Å². The van der Waals surface area contributed by atoms with Gasteiger partial charge in [-0.25, -0.2) is 8.42 Å². The van der Waals surface area contributed by atoms with E-state index in [1.54, 1.807) is 0 Å². The highest BCUT2D eigenvalue weighted by molar-refractivity contribution is 7.91. The molecule has 2 aliphatic rings. The first-order valence-electron chi connectivity index (χ1n) is 10.3. The molecule has 0 aromatic heterocycles. The quantitative estimate of drug-likeness (QED) is 0.745. The molecule has 2 saturated heterocycles. The summed E-state index contributed by atoms with van der Waals surface area (Å²) in [6, 6.07) is 10.5. The topological polar surface area (TPSA) is 69.7 Å². The van der Waals surface area contributed by atoms with E-state index in [0.29, 0.717) is 13.0 Å². The van der Waals surface area contributed by atoms with Crippen molar-refractivity contribution in [1.82, 2.24) is 15.1 Å². The maximum Gasteiger partial charge on any atom is 0.234 e. The first kappa shape index (κ1) is 21.3. The molecule has 2 aliphatic heterocycles. The number of nitrogens with one attached hydrogen (secondary N) is 1. The smallest absolute Gasteiger partial charge is 0.234 e. The van der Waals surface area contributed by atoms with E-state index in [2.05, 4.69) is 29.3 Å². The van der Waals surface area contributed by atoms with Crippen molar-refractivity contribution in [2.24, 2.45) is 5.92 Å². The second-order valence-corrected chi connectivity index (χ2v) is 10.6. The highest BCUT2D eigenvalue weighted by Crippen LogP contribution is 2.26. The van der Waals surface area contributed by atoms with Crippen LogP contribution in [0, 0.1) is 5.92 Å². The fourth-order valence-corrected chi connectivity index (χ4v) is 6.02. The molecule has 3 rings (SSSR count). The minimum Gasteiger partial charge on any atom is -0.353 e. The van der Waals surface area contributed by atoms with Crippen molar-refractivity contribution < 1.29 is 13.2 Å². The summed E-state index contributed by atoms with van der Waals surface area (Å²) < 4.78 is 23.3. The van der Waals surface area contributed by atoms with Crippen LogP contribution < -0.4 is 5.32 Å². The molecule has 156 valence electrons. The number of carbonyl (C=O) groups excluding carboxylic acids is 1. The van der Waals surface area contributed by atoms with Gasteiger partial charge in [-0.15, -0.1) is 0 Å².